The molecule has 0 aromatic heterocycles. The summed E-state index contributed by atoms with van der Waals surface area (Å²) in [7, 11) is 0. The normalized spacial score (nSPS) is 26.6. The van der Waals surface area contributed by atoms with E-state index in [-0.39, 0.29) is 5.25 Å². The molecule has 0 saturated carbocycles. The van der Waals surface area contributed by atoms with Gasteiger partial charge >= 0.3 is 0 Å². The first-order chi connectivity index (χ1) is 3.79. The first-order valence-corrected chi connectivity index (χ1v) is 2.94. The molecule has 0 spiro atoms. The molecule has 1 rings (SSSR count). The average Bonchev–Trinajstić information content (AvgIpc) is 1.77. The molecule has 0 fully saturated rings. The monoisotopic (exact) mass is 125 g/mol. The summed E-state index contributed by atoms with van der Waals surface area (Å²) < 4.78 is 0. The van der Waals surface area contributed by atoms with Gasteiger partial charge < -0.3 is 5.41 Å². The minimum absolute atomic E-state index is 0.212. The topological polar surface area (TPSA) is 23.9 Å². The molecule has 1 aliphatic rings. The Labute approximate surface area is 54.0 Å². The van der Waals surface area contributed by atoms with Crippen molar-refractivity contribution in [2.24, 2.45) is 0 Å². The van der Waals surface area contributed by atoms with Crippen LogP contribution in [-0.2, 0) is 0 Å². The first-order valence-electron chi connectivity index (χ1n) is 2.42. The summed E-state index contributed by atoms with van der Waals surface area (Å²) in [5.41, 5.74) is 0.551. The van der Waals surface area contributed by atoms with Crippen LogP contribution in [0.25, 0.3) is 0 Å². The largest absolute Gasteiger partial charge is 0.301 e. The Balaban J connectivity index is 2.68. The number of nitrogens with one attached hydrogen (secondary N) is 1. The fourth-order valence-corrected chi connectivity index (χ4v) is 0.696. The maximum absolute atomic E-state index is 7.07. The second-order valence-electron chi connectivity index (χ2n) is 1.66. The van der Waals surface area contributed by atoms with Crippen molar-refractivity contribution in [2.75, 3.05) is 0 Å². The van der Waals surface area contributed by atoms with Gasteiger partial charge in [-0.2, -0.15) is 12.6 Å². The minimum Gasteiger partial charge on any atom is -0.301 e. The van der Waals surface area contributed by atoms with Crippen LogP contribution in [0.15, 0.2) is 24.3 Å². The highest BCUT2D eigenvalue weighted by Crippen LogP contribution is 2.04. The Morgan fingerprint density at radius 1 is 1.38 bits per heavy atom. The van der Waals surface area contributed by atoms with E-state index in [1.54, 1.807) is 12.2 Å². The van der Waals surface area contributed by atoms with E-state index in [1.807, 2.05) is 12.2 Å². The number of thiol groups is 1. The molecule has 0 atom stereocenters. The summed E-state index contributed by atoms with van der Waals surface area (Å²) in [5.74, 6) is 0. The zero-order valence-corrected chi connectivity index (χ0v) is 5.23. The van der Waals surface area contributed by atoms with E-state index in [0.29, 0.717) is 5.71 Å². The molecule has 1 aliphatic carbocycles. The summed E-state index contributed by atoms with van der Waals surface area (Å²) in [4.78, 5) is 0. The van der Waals surface area contributed by atoms with Crippen LogP contribution >= 0.6 is 12.6 Å². The van der Waals surface area contributed by atoms with Gasteiger partial charge in [-0.15, -0.1) is 0 Å². The Hall–Kier alpha value is -0.500. The summed E-state index contributed by atoms with van der Waals surface area (Å²) in [5, 5.41) is 7.28. The highest BCUT2D eigenvalue weighted by Gasteiger charge is 1.95. The standard InChI is InChI=1S/C6H7NS/c7-5-1-3-6(8)4-2-5/h1-4,6-8H. The van der Waals surface area contributed by atoms with Crippen LogP contribution in [0, 0.1) is 5.41 Å². The van der Waals surface area contributed by atoms with E-state index in [9.17, 15) is 0 Å². The summed E-state index contributed by atoms with van der Waals surface area (Å²) in [6.07, 6.45) is 7.26. The lowest BCUT2D eigenvalue weighted by molar-refractivity contribution is 1.40. The summed E-state index contributed by atoms with van der Waals surface area (Å²) in [6.45, 7) is 0. The van der Waals surface area contributed by atoms with E-state index < -0.39 is 0 Å². The van der Waals surface area contributed by atoms with Crippen LogP contribution in [-0.4, -0.2) is 11.0 Å². The summed E-state index contributed by atoms with van der Waals surface area (Å²) >= 11 is 4.13. The minimum atomic E-state index is 0.212. The molecule has 0 aromatic rings. The fraction of sp³-hybridized carbons (Fsp3) is 0.167. The quantitative estimate of drug-likeness (QED) is 0.458. The fourth-order valence-electron chi connectivity index (χ4n) is 0.524. The molecule has 0 aromatic carbocycles. The molecule has 0 bridgehead atoms. The van der Waals surface area contributed by atoms with Gasteiger partial charge in [0, 0.05) is 5.25 Å². The van der Waals surface area contributed by atoms with Gasteiger partial charge in [0.05, 0.1) is 5.71 Å². The van der Waals surface area contributed by atoms with E-state index in [2.05, 4.69) is 12.6 Å². The lowest BCUT2D eigenvalue weighted by Gasteiger charge is -2.00. The lowest BCUT2D eigenvalue weighted by Crippen LogP contribution is -1.97. The van der Waals surface area contributed by atoms with Crippen LogP contribution in [0.1, 0.15) is 0 Å². The van der Waals surface area contributed by atoms with Gasteiger partial charge in [0.15, 0.2) is 0 Å². The molecule has 0 heterocycles. The van der Waals surface area contributed by atoms with Crippen molar-refractivity contribution < 1.29 is 0 Å². The van der Waals surface area contributed by atoms with Crippen molar-refractivity contribution in [1.29, 1.82) is 5.41 Å². The Kier molecular flexibility index (Phi) is 1.53. The van der Waals surface area contributed by atoms with E-state index >= 15 is 0 Å². The molecule has 0 amide bonds. The van der Waals surface area contributed by atoms with Gasteiger partial charge in [-0.3, -0.25) is 0 Å². The van der Waals surface area contributed by atoms with Crippen molar-refractivity contribution in [3.63, 3.8) is 0 Å². The van der Waals surface area contributed by atoms with Gasteiger partial charge in [-0.25, -0.2) is 0 Å². The molecule has 0 aliphatic heterocycles. The highest BCUT2D eigenvalue weighted by molar-refractivity contribution is 7.81. The Morgan fingerprint density at radius 2 is 1.88 bits per heavy atom. The molecule has 1 nitrogen and oxygen atoms in total. The molecule has 0 radical (unpaired) electrons. The molecule has 0 unspecified atom stereocenters. The second-order valence-corrected chi connectivity index (χ2v) is 2.26. The van der Waals surface area contributed by atoms with Crippen LogP contribution in [0.2, 0.25) is 0 Å². The zero-order valence-electron chi connectivity index (χ0n) is 4.33. The number of hydrogen-bond donors (Lipinski definition) is 2. The van der Waals surface area contributed by atoms with Crippen molar-refractivity contribution in [3.8, 4) is 0 Å². The van der Waals surface area contributed by atoms with Crippen LogP contribution < -0.4 is 0 Å². The SMILES string of the molecule is N=C1C=CC(S)C=C1. The number of rotatable bonds is 0. The molecule has 1 N–H and O–H groups in total. The van der Waals surface area contributed by atoms with Crippen molar-refractivity contribution in [3.05, 3.63) is 24.3 Å². The molecular formula is C6H7NS. The van der Waals surface area contributed by atoms with Crippen LogP contribution in [0.5, 0.6) is 0 Å². The second kappa shape index (κ2) is 2.18. The van der Waals surface area contributed by atoms with Gasteiger partial charge in [-0.1, -0.05) is 12.2 Å². The molecule has 42 valence electrons. The molecule has 2 heteroatoms. The third-order valence-corrected chi connectivity index (χ3v) is 1.29. The van der Waals surface area contributed by atoms with Crippen molar-refractivity contribution in [1.82, 2.24) is 0 Å². The van der Waals surface area contributed by atoms with Crippen LogP contribution in [0.4, 0.5) is 0 Å². The number of allylic oxidation sites excluding steroid dienone is 2. The highest BCUT2D eigenvalue weighted by atomic mass is 32.1. The van der Waals surface area contributed by atoms with Gasteiger partial charge in [0.2, 0.25) is 0 Å². The molecule has 8 heavy (non-hydrogen) atoms. The van der Waals surface area contributed by atoms with E-state index in [0.717, 1.165) is 0 Å². The van der Waals surface area contributed by atoms with Gasteiger partial charge in [0.1, 0.15) is 0 Å². The zero-order chi connectivity index (χ0) is 5.98. The first kappa shape index (κ1) is 5.63. The van der Waals surface area contributed by atoms with Crippen LogP contribution in [0.3, 0.4) is 0 Å². The maximum Gasteiger partial charge on any atom is 0.0534 e. The van der Waals surface area contributed by atoms with Crippen molar-refractivity contribution >= 4 is 18.3 Å². The Bertz CT molecular complexity index is 142. The lowest BCUT2D eigenvalue weighted by atomic mass is 10.2. The Morgan fingerprint density at radius 3 is 2.25 bits per heavy atom. The van der Waals surface area contributed by atoms with E-state index in [4.69, 9.17) is 5.41 Å². The molecular weight excluding hydrogens is 118 g/mol. The van der Waals surface area contributed by atoms with Gasteiger partial charge in [-0.05, 0) is 12.2 Å². The average molecular weight is 125 g/mol. The summed E-state index contributed by atoms with van der Waals surface area (Å²) in [6, 6.07) is 0. The number of hydrogen-bond acceptors (Lipinski definition) is 2. The molecule has 0 saturated heterocycles. The van der Waals surface area contributed by atoms with Gasteiger partial charge in [0.25, 0.3) is 0 Å². The third kappa shape index (κ3) is 1.23. The van der Waals surface area contributed by atoms with Crippen molar-refractivity contribution in [2.45, 2.75) is 5.25 Å². The predicted octanol–water partition coefficient (Wildman–Crippen LogP) is 1.43. The maximum atomic E-state index is 7.07. The third-order valence-electron chi connectivity index (χ3n) is 0.946. The predicted molar refractivity (Wildman–Crippen MR) is 38.8 cm³/mol. The van der Waals surface area contributed by atoms with E-state index in [1.165, 1.54) is 0 Å². The smallest absolute Gasteiger partial charge is 0.0534 e.